The van der Waals surface area contributed by atoms with E-state index in [9.17, 15) is 4.79 Å². The minimum Gasteiger partial charge on any atom is -0.493 e. The smallest absolute Gasteiger partial charge is 0.232 e. The molecule has 1 amide bonds. The summed E-state index contributed by atoms with van der Waals surface area (Å²) >= 11 is 0. The van der Waals surface area contributed by atoms with E-state index >= 15 is 0 Å². The van der Waals surface area contributed by atoms with Crippen molar-refractivity contribution < 1.29 is 14.3 Å². The number of hydrogen-bond acceptors (Lipinski definition) is 10. The van der Waals surface area contributed by atoms with Crippen molar-refractivity contribution >= 4 is 52.7 Å². The molecule has 180 valence electrons. The highest BCUT2D eigenvalue weighted by Gasteiger charge is 2.30. The van der Waals surface area contributed by atoms with E-state index in [0.717, 1.165) is 16.8 Å². The van der Waals surface area contributed by atoms with Gasteiger partial charge in [0.25, 0.3) is 0 Å². The maximum atomic E-state index is 12.1. The number of aromatic nitrogens is 4. The monoisotopic (exact) mass is 486 g/mol. The van der Waals surface area contributed by atoms with Crippen molar-refractivity contribution in [2.24, 2.45) is 0 Å². The van der Waals surface area contributed by atoms with Crippen molar-refractivity contribution in [3.63, 3.8) is 0 Å². The topological polar surface area (TPSA) is 123 Å². The van der Waals surface area contributed by atoms with Crippen LogP contribution in [0.15, 0.2) is 18.3 Å². The van der Waals surface area contributed by atoms with Crippen LogP contribution in [-0.2, 0) is 11.2 Å². The minimum atomic E-state index is 0. The van der Waals surface area contributed by atoms with Gasteiger partial charge in [-0.1, -0.05) is 0 Å². The average Bonchev–Trinajstić information content (AvgIpc) is 3.17. The number of hydrogen-bond donors (Lipinski definition) is 1. The lowest BCUT2D eigenvalue weighted by molar-refractivity contribution is -0.117. The number of piperazine rings is 1. The normalized spacial score (nSPS) is 15.4. The summed E-state index contributed by atoms with van der Waals surface area (Å²) in [7, 11) is 3.17. The number of nitrogens with two attached hydrogens (primary N) is 1. The molecule has 34 heavy (non-hydrogen) atoms. The van der Waals surface area contributed by atoms with E-state index in [1.807, 2.05) is 13.0 Å². The molecule has 5 rings (SSSR count). The highest BCUT2D eigenvalue weighted by molar-refractivity contribution is 6.00. The number of methoxy groups -OCH3 is 2. The molecule has 0 radical (unpaired) electrons. The van der Waals surface area contributed by atoms with Gasteiger partial charge in [0.1, 0.15) is 11.6 Å². The van der Waals surface area contributed by atoms with Crippen molar-refractivity contribution in [2.75, 3.05) is 67.4 Å². The second-order valence-electron chi connectivity index (χ2n) is 7.94. The average molecular weight is 487 g/mol. The lowest BCUT2D eigenvalue weighted by atomic mass is 10.2. The van der Waals surface area contributed by atoms with Gasteiger partial charge >= 0.3 is 0 Å². The van der Waals surface area contributed by atoms with Gasteiger partial charge in [-0.05, 0) is 13.0 Å². The molecule has 3 aromatic rings. The van der Waals surface area contributed by atoms with Gasteiger partial charge in [-0.3, -0.25) is 9.69 Å². The fraction of sp³-hybridized carbons (Fsp3) is 0.409. The summed E-state index contributed by atoms with van der Waals surface area (Å²) in [6.07, 6.45) is 2.14. The van der Waals surface area contributed by atoms with E-state index in [4.69, 9.17) is 25.2 Å². The van der Waals surface area contributed by atoms with Crippen molar-refractivity contribution in [1.29, 1.82) is 0 Å². The number of halogens is 1. The summed E-state index contributed by atoms with van der Waals surface area (Å²) in [6, 6.07) is 3.60. The molecule has 1 aromatic carbocycles. The summed E-state index contributed by atoms with van der Waals surface area (Å²) in [5.41, 5.74) is 7.83. The molecular formula is C22H27ClN8O3. The zero-order valence-corrected chi connectivity index (χ0v) is 20.1. The van der Waals surface area contributed by atoms with Gasteiger partial charge in [0.15, 0.2) is 11.5 Å². The second kappa shape index (κ2) is 9.34. The van der Waals surface area contributed by atoms with E-state index in [2.05, 4.69) is 19.8 Å². The number of nitrogen functional groups attached to an aromatic ring is 1. The predicted octanol–water partition coefficient (Wildman–Crippen LogP) is 1.68. The van der Waals surface area contributed by atoms with Crippen LogP contribution >= 0.6 is 12.4 Å². The van der Waals surface area contributed by atoms with Gasteiger partial charge in [-0.25, -0.2) is 9.97 Å². The Balaban J connectivity index is 0.00000274. The molecule has 12 heteroatoms. The van der Waals surface area contributed by atoms with E-state index in [1.165, 1.54) is 0 Å². The number of carbonyl (C=O) groups is 1. The molecule has 1 fully saturated rings. The Labute approximate surface area is 203 Å². The van der Waals surface area contributed by atoms with Crippen LogP contribution in [0.1, 0.15) is 12.5 Å². The largest absolute Gasteiger partial charge is 0.493 e. The Morgan fingerprint density at radius 3 is 2.26 bits per heavy atom. The highest BCUT2D eigenvalue weighted by atomic mass is 35.5. The predicted molar refractivity (Wildman–Crippen MR) is 132 cm³/mol. The van der Waals surface area contributed by atoms with E-state index in [1.54, 1.807) is 31.4 Å². The molecule has 2 N–H and O–H groups in total. The first kappa shape index (κ1) is 23.6. The molecule has 0 bridgehead atoms. The van der Waals surface area contributed by atoms with Gasteiger partial charge < -0.3 is 25.0 Å². The third-order valence-electron chi connectivity index (χ3n) is 6.11. The third kappa shape index (κ3) is 3.96. The Morgan fingerprint density at radius 2 is 1.62 bits per heavy atom. The second-order valence-corrected chi connectivity index (χ2v) is 7.94. The van der Waals surface area contributed by atoms with Crippen molar-refractivity contribution in [1.82, 2.24) is 19.9 Å². The molecule has 2 aromatic heterocycles. The van der Waals surface area contributed by atoms with Crippen LogP contribution in [0.4, 0.5) is 23.5 Å². The lowest BCUT2D eigenvalue weighted by Gasteiger charge is -2.35. The quantitative estimate of drug-likeness (QED) is 0.569. The third-order valence-corrected chi connectivity index (χ3v) is 6.11. The van der Waals surface area contributed by atoms with E-state index < -0.39 is 0 Å². The number of ether oxygens (including phenoxy) is 2. The number of benzene rings is 1. The molecule has 2 aliphatic rings. The molecule has 0 aliphatic carbocycles. The number of amides is 1. The van der Waals surface area contributed by atoms with Gasteiger partial charge in [0.05, 0.1) is 26.2 Å². The molecule has 2 aliphatic heterocycles. The zero-order chi connectivity index (χ0) is 23.1. The van der Waals surface area contributed by atoms with Crippen LogP contribution in [-0.4, -0.2) is 72.8 Å². The van der Waals surface area contributed by atoms with Crippen LogP contribution in [0.5, 0.6) is 11.5 Å². The summed E-state index contributed by atoms with van der Waals surface area (Å²) in [4.78, 5) is 36.5. The molecule has 4 heterocycles. The maximum Gasteiger partial charge on any atom is 0.232 e. The number of carbonyl (C=O) groups excluding carboxylic acids is 1. The summed E-state index contributed by atoms with van der Waals surface area (Å²) < 4.78 is 10.8. The molecule has 0 atom stereocenters. The number of fused-ring (bicyclic) bond motifs is 2. The molecule has 0 spiro atoms. The summed E-state index contributed by atoms with van der Waals surface area (Å²) in [5.74, 6) is 3.58. The number of nitrogens with zero attached hydrogens (tertiary/aromatic N) is 7. The lowest BCUT2D eigenvalue weighted by Crippen LogP contribution is -2.47. The highest BCUT2D eigenvalue weighted by Crippen LogP contribution is 2.34. The van der Waals surface area contributed by atoms with Gasteiger partial charge in [0.2, 0.25) is 17.8 Å². The number of rotatable bonds is 5. The Bertz CT molecular complexity index is 1230. The number of anilines is 4. The number of likely N-dealkylation sites (N-methyl/N-ethyl adjacent to an activating group) is 1. The van der Waals surface area contributed by atoms with Crippen molar-refractivity contribution in [3.05, 3.63) is 23.9 Å². The van der Waals surface area contributed by atoms with Crippen molar-refractivity contribution in [2.45, 2.75) is 13.3 Å². The molecule has 0 saturated carbocycles. The summed E-state index contributed by atoms with van der Waals surface area (Å²) in [6.45, 7) is 5.34. The molecule has 0 unspecified atom stereocenters. The molecule has 11 nitrogen and oxygen atoms in total. The van der Waals surface area contributed by atoms with Crippen molar-refractivity contribution in [3.8, 4) is 11.5 Å². The Kier molecular flexibility index (Phi) is 6.47. The van der Waals surface area contributed by atoms with Crippen LogP contribution < -0.4 is 29.9 Å². The van der Waals surface area contributed by atoms with E-state index in [-0.39, 0.29) is 18.3 Å². The fourth-order valence-electron chi connectivity index (χ4n) is 4.32. The molecular weight excluding hydrogens is 460 g/mol. The molecule has 1 saturated heterocycles. The maximum absolute atomic E-state index is 12.1. The summed E-state index contributed by atoms with van der Waals surface area (Å²) in [5, 5.41) is 0.719. The first-order chi connectivity index (χ1) is 16.0. The van der Waals surface area contributed by atoms with Crippen LogP contribution in [0.3, 0.4) is 0 Å². The SMILES string of the molecule is CCN1C(=O)Cc2cnc(N3CCN(c4nc(N)c5cc(OC)c(OC)cc5n4)CC3)nc21.Cl. The van der Waals surface area contributed by atoms with Gasteiger partial charge in [-0.15, -0.1) is 12.4 Å². The Morgan fingerprint density at radius 1 is 0.971 bits per heavy atom. The zero-order valence-electron chi connectivity index (χ0n) is 19.3. The minimum absolute atomic E-state index is 0. The first-order valence-corrected chi connectivity index (χ1v) is 10.9. The van der Waals surface area contributed by atoms with Crippen LogP contribution in [0.2, 0.25) is 0 Å². The fourth-order valence-corrected chi connectivity index (χ4v) is 4.32. The van der Waals surface area contributed by atoms with Gasteiger partial charge in [-0.2, -0.15) is 9.97 Å². The van der Waals surface area contributed by atoms with Crippen LogP contribution in [0, 0.1) is 0 Å². The van der Waals surface area contributed by atoms with E-state index in [0.29, 0.717) is 73.9 Å². The first-order valence-electron chi connectivity index (χ1n) is 10.9. The standard InChI is InChI=1S/C22H26N8O3.ClH/c1-4-30-18(31)9-13-12-24-21(27-20(13)30)28-5-7-29(8-6-28)22-25-15-11-17(33-3)16(32-2)10-14(15)19(23)26-22;/h10-12H,4-9H2,1-3H3,(H2,23,25,26);1H. The van der Waals surface area contributed by atoms with Crippen LogP contribution in [0.25, 0.3) is 10.9 Å². The Hall–Kier alpha value is -3.60. The van der Waals surface area contributed by atoms with Gasteiger partial charge in [0, 0.05) is 55.9 Å².